The lowest BCUT2D eigenvalue weighted by Crippen LogP contribution is -2.21. The average molecular weight is 272 g/mol. The van der Waals surface area contributed by atoms with Gasteiger partial charge in [0.15, 0.2) is 0 Å². The summed E-state index contributed by atoms with van der Waals surface area (Å²) < 4.78 is 1.84. The van der Waals surface area contributed by atoms with E-state index in [1.807, 2.05) is 42.1 Å². The van der Waals surface area contributed by atoms with E-state index in [2.05, 4.69) is 17.3 Å². The van der Waals surface area contributed by atoms with Gasteiger partial charge in [0.25, 0.3) is 5.91 Å². The van der Waals surface area contributed by atoms with Crippen molar-refractivity contribution in [1.29, 1.82) is 0 Å². The molecule has 0 saturated carbocycles. The Kier molecular flexibility index (Phi) is 4.08. The van der Waals surface area contributed by atoms with Gasteiger partial charge in [0, 0.05) is 38.6 Å². The van der Waals surface area contributed by atoms with Crippen molar-refractivity contribution in [2.75, 3.05) is 19.4 Å². The van der Waals surface area contributed by atoms with Crippen LogP contribution in [-0.2, 0) is 7.05 Å². The topological polar surface area (TPSA) is 50.2 Å². The fourth-order valence-electron chi connectivity index (χ4n) is 2.13. The minimum atomic E-state index is 0.00170. The Labute approximate surface area is 119 Å². The van der Waals surface area contributed by atoms with E-state index in [0.717, 1.165) is 11.4 Å². The van der Waals surface area contributed by atoms with Crippen LogP contribution in [0.25, 0.3) is 0 Å². The Bertz CT molecular complexity index is 603. The number of hydrogen-bond donors (Lipinski definition) is 1. The minimum Gasteiger partial charge on any atom is -0.377 e. The first-order valence-electron chi connectivity index (χ1n) is 6.55. The molecule has 5 nitrogen and oxygen atoms in total. The highest BCUT2D eigenvalue weighted by molar-refractivity contribution is 5.94. The summed E-state index contributed by atoms with van der Waals surface area (Å²) in [6, 6.07) is 9.63. The predicted octanol–water partition coefficient (Wildman–Crippen LogP) is 2.29. The number of carbonyl (C=O) groups excluding carboxylic acids is 1. The fraction of sp³-hybridized carbons (Fsp3) is 0.333. The molecule has 1 aromatic carbocycles. The molecule has 1 heterocycles. The molecule has 1 atom stereocenters. The summed E-state index contributed by atoms with van der Waals surface area (Å²) in [5.74, 6) is 0.00170. The molecule has 0 bridgehead atoms. The van der Waals surface area contributed by atoms with Crippen LogP contribution in [-0.4, -0.2) is 34.7 Å². The molecule has 0 aliphatic carbocycles. The summed E-state index contributed by atoms with van der Waals surface area (Å²) in [6.07, 6.45) is 1.78. The third-order valence-corrected chi connectivity index (χ3v) is 3.20. The zero-order valence-corrected chi connectivity index (χ0v) is 12.3. The van der Waals surface area contributed by atoms with E-state index in [-0.39, 0.29) is 11.9 Å². The second-order valence-electron chi connectivity index (χ2n) is 5.03. The summed E-state index contributed by atoms with van der Waals surface area (Å²) in [5.41, 5.74) is 2.69. The van der Waals surface area contributed by atoms with Crippen LogP contribution in [0.4, 0.5) is 5.69 Å². The van der Waals surface area contributed by atoms with Gasteiger partial charge >= 0.3 is 0 Å². The van der Waals surface area contributed by atoms with Gasteiger partial charge in [-0.1, -0.05) is 6.07 Å². The molecule has 1 amide bonds. The zero-order valence-electron chi connectivity index (χ0n) is 12.3. The quantitative estimate of drug-likeness (QED) is 0.929. The van der Waals surface area contributed by atoms with Crippen LogP contribution < -0.4 is 5.32 Å². The van der Waals surface area contributed by atoms with E-state index in [4.69, 9.17) is 0 Å². The van der Waals surface area contributed by atoms with Gasteiger partial charge in [-0.15, -0.1) is 0 Å². The van der Waals surface area contributed by atoms with Crippen molar-refractivity contribution in [2.45, 2.75) is 13.0 Å². The van der Waals surface area contributed by atoms with Gasteiger partial charge in [-0.3, -0.25) is 9.48 Å². The highest BCUT2D eigenvalue weighted by Gasteiger charge is 2.11. The highest BCUT2D eigenvalue weighted by atomic mass is 16.2. The first kappa shape index (κ1) is 14.1. The number of aryl methyl sites for hydroxylation is 1. The molecule has 1 unspecified atom stereocenters. The Hall–Kier alpha value is -2.30. The number of nitrogens with zero attached hydrogens (tertiary/aromatic N) is 3. The van der Waals surface area contributed by atoms with Crippen LogP contribution >= 0.6 is 0 Å². The standard InChI is InChI=1S/C15H20N4O/c1-11(14-8-9-16-19(14)4)17-13-7-5-6-12(10-13)15(20)18(2)3/h5-11,17H,1-4H3. The molecule has 1 aromatic heterocycles. The average Bonchev–Trinajstić information content (AvgIpc) is 2.84. The van der Waals surface area contributed by atoms with Gasteiger partial charge in [0.1, 0.15) is 0 Å². The summed E-state index contributed by atoms with van der Waals surface area (Å²) in [4.78, 5) is 13.5. The number of benzene rings is 1. The molecule has 106 valence electrons. The molecule has 5 heteroatoms. The van der Waals surface area contributed by atoms with Crippen LogP contribution in [0, 0.1) is 0 Å². The fourth-order valence-corrected chi connectivity index (χ4v) is 2.13. The van der Waals surface area contributed by atoms with E-state index in [9.17, 15) is 4.79 Å². The monoisotopic (exact) mass is 272 g/mol. The van der Waals surface area contributed by atoms with E-state index < -0.39 is 0 Å². The molecule has 0 aliphatic rings. The summed E-state index contributed by atoms with van der Waals surface area (Å²) in [6.45, 7) is 2.07. The van der Waals surface area contributed by atoms with Gasteiger partial charge in [-0.2, -0.15) is 5.10 Å². The highest BCUT2D eigenvalue weighted by Crippen LogP contribution is 2.19. The van der Waals surface area contributed by atoms with E-state index >= 15 is 0 Å². The molecular formula is C15H20N4O. The first-order chi connectivity index (χ1) is 9.49. The van der Waals surface area contributed by atoms with Crippen molar-refractivity contribution < 1.29 is 4.79 Å². The largest absolute Gasteiger partial charge is 0.377 e. The second kappa shape index (κ2) is 5.77. The third kappa shape index (κ3) is 2.99. The molecule has 0 fully saturated rings. The van der Waals surface area contributed by atoms with E-state index in [0.29, 0.717) is 5.56 Å². The number of rotatable bonds is 4. The summed E-state index contributed by atoms with van der Waals surface area (Å²) >= 11 is 0. The molecule has 1 N–H and O–H groups in total. The van der Waals surface area contributed by atoms with Gasteiger partial charge in [0.2, 0.25) is 0 Å². The second-order valence-corrected chi connectivity index (χ2v) is 5.03. The number of nitrogens with one attached hydrogen (secondary N) is 1. The van der Waals surface area contributed by atoms with Gasteiger partial charge in [0.05, 0.1) is 11.7 Å². The van der Waals surface area contributed by atoms with Crippen LogP contribution in [0.5, 0.6) is 0 Å². The normalized spacial score (nSPS) is 12.0. The number of aromatic nitrogens is 2. The third-order valence-electron chi connectivity index (χ3n) is 3.20. The first-order valence-corrected chi connectivity index (χ1v) is 6.55. The summed E-state index contributed by atoms with van der Waals surface area (Å²) in [5, 5.41) is 7.55. The number of anilines is 1. The Morgan fingerprint density at radius 1 is 1.35 bits per heavy atom. The van der Waals surface area contributed by atoms with Crippen molar-refractivity contribution in [3.63, 3.8) is 0 Å². The lowest BCUT2D eigenvalue weighted by Gasteiger charge is -2.17. The van der Waals surface area contributed by atoms with Crippen molar-refractivity contribution in [2.24, 2.45) is 7.05 Å². The lowest BCUT2D eigenvalue weighted by atomic mass is 10.1. The van der Waals surface area contributed by atoms with Crippen LogP contribution in [0.15, 0.2) is 36.5 Å². The van der Waals surface area contributed by atoms with Gasteiger partial charge < -0.3 is 10.2 Å². The zero-order chi connectivity index (χ0) is 14.7. The van der Waals surface area contributed by atoms with E-state index in [1.54, 1.807) is 25.2 Å². The SMILES string of the molecule is CC(Nc1cccc(C(=O)N(C)C)c1)c1ccnn1C. The molecule has 0 spiro atoms. The minimum absolute atomic E-state index is 0.00170. The lowest BCUT2D eigenvalue weighted by molar-refractivity contribution is 0.0827. The van der Waals surface area contributed by atoms with E-state index in [1.165, 1.54) is 0 Å². The maximum absolute atomic E-state index is 11.9. The maximum Gasteiger partial charge on any atom is 0.253 e. The van der Waals surface area contributed by atoms with Crippen molar-refractivity contribution in [3.05, 3.63) is 47.8 Å². The van der Waals surface area contributed by atoms with Gasteiger partial charge in [-0.25, -0.2) is 0 Å². The smallest absolute Gasteiger partial charge is 0.253 e. The van der Waals surface area contributed by atoms with Crippen molar-refractivity contribution >= 4 is 11.6 Å². The molecule has 0 aliphatic heterocycles. The molecule has 2 rings (SSSR count). The molecule has 2 aromatic rings. The Morgan fingerprint density at radius 2 is 2.10 bits per heavy atom. The maximum atomic E-state index is 11.9. The molecule has 0 saturated heterocycles. The summed E-state index contributed by atoms with van der Waals surface area (Å²) in [7, 11) is 5.42. The molecular weight excluding hydrogens is 252 g/mol. The van der Waals surface area contributed by atoms with Crippen LogP contribution in [0.1, 0.15) is 29.0 Å². The van der Waals surface area contributed by atoms with Crippen molar-refractivity contribution in [1.82, 2.24) is 14.7 Å². The van der Waals surface area contributed by atoms with Gasteiger partial charge in [-0.05, 0) is 31.2 Å². The number of carbonyl (C=O) groups is 1. The Balaban J connectivity index is 2.16. The molecule has 20 heavy (non-hydrogen) atoms. The van der Waals surface area contributed by atoms with Crippen LogP contribution in [0.3, 0.4) is 0 Å². The van der Waals surface area contributed by atoms with Crippen molar-refractivity contribution in [3.8, 4) is 0 Å². The number of amides is 1. The molecule has 0 radical (unpaired) electrons. The Morgan fingerprint density at radius 3 is 2.70 bits per heavy atom. The predicted molar refractivity (Wildman–Crippen MR) is 79.7 cm³/mol. The van der Waals surface area contributed by atoms with Crippen LogP contribution in [0.2, 0.25) is 0 Å². The number of hydrogen-bond acceptors (Lipinski definition) is 3.